The Morgan fingerprint density at radius 2 is 1.42 bits per heavy atom. The summed E-state index contributed by atoms with van der Waals surface area (Å²) in [5.74, 6) is 0.569. The highest BCUT2D eigenvalue weighted by Crippen LogP contribution is 2.41. The van der Waals surface area contributed by atoms with Crippen LogP contribution in [0.4, 0.5) is 10.6 Å². The van der Waals surface area contributed by atoms with Crippen molar-refractivity contribution in [2.75, 3.05) is 70.8 Å². The molecule has 10 rings (SSSR count). The van der Waals surface area contributed by atoms with Gasteiger partial charge in [-0.3, -0.25) is 39.1 Å². The first-order valence-electron chi connectivity index (χ1n) is 23.4. The van der Waals surface area contributed by atoms with E-state index in [0.29, 0.717) is 67.4 Å². The molecule has 66 heavy (non-hydrogen) atoms. The van der Waals surface area contributed by atoms with Crippen LogP contribution in [0, 0.1) is 11.8 Å². The predicted octanol–water partition coefficient (Wildman–Crippen LogP) is 4.56. The van der Waals surface area contributed by atoms with E-state index in [4.69, 9.17) is 15.6 Å². The fourth-order valence-electron chi connectivity index (χ4n) is 10.8. The smallest absolute Gasteiger partial charge is 0.320 e. The van der Waals surface area contributed by atoms with Crippen molar-refractivity contribution in [1.29, 1.82) is 0 Å². The molecule has 0 radical (unpaired) electrons. The van der Waals surface area contributed by atoms with Crippen molar-refractivity contribution in [3.63, 3.8) is 0 Å². The number of hydrogen-bond donors (Lipinski definition) is 3. The summed E-state index contributed by atoms with van der Waals surface area (Å²) in [6.07, 6.45) is 5.18. The molecule has 0 bridgehead atoms. The topological polar surface area (TPSA) is 196 Å². The van der Waals surface area contributed by atoms with Crippen molar-refractivity contribution in [2.45, 2.75) is 63.6 Å². The van der Waals surface area contributed by atoms with E-state index in [9.17, 15) is 28.8 Å². The standard InChI is InChI=1S/C49H56N10O7/c50-44(61)42-43(34-7-9-36(10-8-34)66-35-4-2-1-3-5-35)53-59-39(14-19-51-45(42)59)33-17-20-54(21-18-33)29-31-15-22-56(23-16-31)49(65)57-26-24-55(25-27-57)30-32-6-11-37-38(28-32)48(64)58(47(37)63)40-12-13-41(60)52-46(40)62/h1-11,28,31,33,39-40,51H,12-27,29-30H2,(H2,50,61)(H,52,60,62)/t39-,40?/m0/s1. The zero-order valence-corrected chi connectivity index (χ0v) is 37.0. The Hall–Kier alpha value is -6.59. The van der Waals surface area contributed by atoms with Gasteiger partial charge < -0.3 is 30.5 Å². The van der Waals surface area contributed by atoms with Gasteiger partial charge in [-0.15, -0.1) is 0 Å². The van der Waals surface area contributed by atoms with Crippen LogP contribution in [0.1, 0.15) is 87.6 Å². The van der Waals surface area contributed by atoms with Crippen LogP contribution in [0.5, 0.6) is 11.5 Å². The molecule has 0 spiro atoms. The van der Waals surface area contributed by atoms with Gasteiger partial charge in [0, 0.05) is 70.9 Å². The molecule has 344 valence electrons. The lowest BCUT2D eigenvalue weighted by Gasteiger charge is -2.42. The number of urea groups is 1. The quantitative estimate of drug-likeness (QED) is 0.189. The summed E-state index contributed by atoms with van der Waals surface area (Å²) in [7, 11) is 0. The van der Waals surface area contributed by atoms with E-state index in [2.05, 4.69) is 20.4 Å². The second-order valence-corrected chi connectivity index (χ2v) is 18.5. The molecule has 4 saturated heterocycles. The average molecular weight is 897 g/mol. The molecule has 2 atom stereocenters. The van der Waals surface area contributed by atoms with Crippen molar-refractivity contribution in [1.82, 2.24) is 39.6 Å². The van der Waals surface area contributed by atoms with E-state index in [1.165, 1.54) is 0 Å². The van der Waals surface area contributed by atoms with Crippen LogP contribution in [0.3, 0.4) is 0 Å². The molecule has 4 N–H and O–H groups in total. The Bertz CT molecular complexity index is 2520. The molecule has 0 saturated carbocycles. The van der Waals surface area contributed by atoms with Crippen molar-refractivity contribution in [2.24, 2.45) is 17.6 Å². The van der Waals surface area contributed by atoms with Gasteiger partial charge in [0.15, 0.2) is 0 Å². The van der Waals surface area contributed by atoms with E-state index in [1.54, 1.807) is 12.1 Å². The van der Waals surface area contributed by atoms with Gasteiger partial charge in [-0.25, -0.2) is 9.48 Å². The minimum atomic E-state index is -0.993. The summed E-state index contributed by atoms with van der Waals surface area (Å²) in [5.41, 5.74) is 9.25. The third-order valence-corrected chi connectivity index (χ3v) is 14.4. The molecular formula is C49H56N10O7. The minimum Gasteiger partial charge on any atom is -0.457 e. The highest BCUT2D eigenvalue weighted by atomic mass is 16.5. The first-order valence-corrected chi connectivity index (χ1v) is 23.4. The normalized spacial score (nSPS) is 22.2. The Balaban J connectivity index is 0.674. The number of anilines is 1. The number of amides is 7. The molecule has 6 aliphatic rings. The number of nitrogens with two attached hydrogens (primary N) is 1. The van der Waals surface area contributed by atoms with Crippen molar-refractivity contribution in [3.05, 3.63) is 95.1 Å². The molecule has 1 aromatic heterocycles. The molecule has 4 aromatic rings. The number of ether oxygens (including phenoxy) is 1. The number of rotatable bonds is 10. The number of aromatic nitrogens is 2. The molecule has 6 aliphatic heterocycles. The van der Waals surface area contributed by atoms with Crippen molar-refractivity contribution in [3.8, 4) is 22.8 Å². The van der Waals surface area contributed by atoms with Gasteiger partial charge in [0.1, 0.15) is 34.6 Å². The molecule has 7 heterocycles. The fourth-order valence-corrected chi connectivity index (χ4v) is 10.8. The second-order valence-electron chi connectivity index (χ2n) is 18.5. The largest absolute Gasteiger partial charge is 0.457 e. The van der Waals surface area contributed by atoms with E-state index < -0.39 is 35.6 Å². The van der Waals surface area contributed by atoms with Gasteiger partial charge in [0.05, 0.1) is 17.2 Å². The molecule has 17 heteroatoms. The van der Waals surface area contributed by atoms with Gasteiger partial charge in [-0.2, -0.15) is 5.10 Å². The number of likely N-dealkylation sites (tertiary alicyclic amines) is 2. The number of primary amides is 1. The highest BCUT2D eigenvalue weighted by molar-refractivity contribution is 6.23. The van der Waals surface area contributed by atoms with Crippen LogP contribution < -0.4 is 21.1 Å². The van der Waals surface area contributed by atoms with Crippen molar-refractivity contribution < 1.29 is 33.5 Å². The Morgan fingerprint density at radius 3 is 2.14 bits per heavy atom. The van der Waals surface area contributed by atoms with Crippen LogP contribution in [-0.2, 0) is 16.1 Å². The van der Waals surface area contributed by atoms with Gasteiger partial charge in [-0.1, -0.05) is 24.3 Å². The van der Waals surface area contributed by atoms with Crippen LogP contribution in [0.15, 0.2) is 72.8 Å². The zero-order valence-electron chi connectivity index (χ0n) is 37.0. The van der Waals surface area contributed by atoms with Crippen LogP contribution in [-0.4, -0.2) is 141 Å². The maximum atomic E-state index is 13.7. The number of carbonyl (C=O) groups is 6. The summed E-state index contributed by atoms with van der Waals surface area (Å²) in [6.45, 7) is 8.48. The third-order valence-electron chi connectivity index (χ3n) is 14.4. The predicted molar refractivity (Wildman–Crippen MR) is 244 cm³/mol. The monoisotopic (exact) mass is 896 g/mol. The third kappa shape index (κ3) is 8.64. The van der Waals surface area contributed by atoms with Crippen molar-refractivity contribution >= 4 is 41.4 Å². The van der Waals surface area contributed by atoms with E-state index in [1.807, 2.05) is 75.1 Å². The number of piperazine rings is 1. The first kappa shape index (κ1) is 43.3. The summed E-state index contributed by atoms with van der Waals surface area (Å²) < 4.78 is 8.02. The molecule has 17 nitrogen and oxygen atoms in total. The number of fused-ring (bicyclic) bond motifs is 2. The molecule has 0 aliphatic carbocycles. The molecule has 1 unspecified atom stereocenters. The van der Waals surface area contributed by atoms with Crippen LogP contribution in [0.2, 0.25) is 0 Å². The molecule has 7 amide bonds. The van der Waals surface area contributed by atoms with Gasteiger partial charge >= 0.3 is 6.03 Å². The van der Waals surface area contributed by atoms with E-state index in [0.717, 1.165) is 93.1 Å². The molecular weight excluding hydrogens is 841 g/mol. The number of nitrogens with zero attached hydrogens (tertiary/aromatic N) is 7. The number of nitrogens with one attached hydrogen (secondary N) is 2. The lowest BCUT2D eigenvalue weighted by atomic mass is 9.86. The number of para-hydroxylation sites is 1. The Morgan fingerprint density at radius 1 is 0.727 bits per heavy atom. The lowest BCUT2D eigenvalue weighted by molar-refractivity contribution is -0.136. The summed E-state index contributed by atoms with van der Waals surface area (Å²) in [4.78, 5) is 86.9. The fraction of sp³-hybridized carbons (Fsp3) is 0.449. The maximum Gasteiger partial charge on any atom is 0.320 e. The number of carbonyl (C=O) groups excluding carboxylic acids is 6. The summed E-state index contributed by atoms with van der Waals surface area (Å²) in [5, 5.41) is 10.7. The SMILES string of the molecule is NC(=O)c1c(-c2ccc(Oc3ccccc3)cc2)nn2c1NCC[C@H]2C1CCN(CC2CCN(C(=O)N3CCN(Cc4ccc5c(c4)C(=O)N(C4CCC(=O)NC4=O)C5=O)CC3)CC2)CC1. The van der Waals surface area contributed by atoms with Crippen LogP contribution in [0.25, 0.3) is 11.3 Å². The second kappa shape index (κ2) is 18.4. The van der Waals surface area contributed by atoms with Crippen LogP contribution >= 0.6 is 0 Å². The van der Waals surface area contributed by atoms with E-state index >= 15 is 0 Å². The minimum absolute atomic E-state index is 0.0767. The Kier molecular flexibility index (Phi) is 12.0. The number of imide groups is 2. The molecule has 3 aromatic carbocycles. The Labute approximate surface area is 383 Å². The van der Waals surface area contributed by atoms with E-state index in [-0.39, 0.29) is 36.0 Å². The maximum absolute atomic E-state index is 13.7. The number of piperidine rings is 3. The van der Waals surface area contributed by atoms with Gasteiger partial charge in [-0.05, 0) is 118 Å². The lowest BCUT2D eigenvalue weighted by Crippen LogP contribution is -2.54. The summed E-state index contributed by atoms with van der Waals surface area (Å²) >= 11 is 0. The van der Waals surface area contributed by atoms with Gasteiger partial charge in [0.25, 0.3) is 17.7 Å². The highest BCUT2D eigenvalue weighted by Gasteiger charge is 2.45. The zero-order chi connectivity index (χ0) is 45.5. The molecule has 4 fully saturated rings. The summed E-state index contributed by atoms with van der Waals surface area (Å²) in [6, 6.07) is 21.7. The first-order chi connectivity index (χ1) is 32.1. The average Bonchev–Trinajstić information content (AvgIpc) is 3.84. The number of benzene rings is 3. The van der Waals surface area contributed by atoms with Gasteiger partial charge in [0.2, 0.25) is 11.8 Å². The number of hydrogen-bond acceptors (Lipinski definition) is 11.